The molecule has 3 rings (SSSR count). The lowest BCUT2D eigenvalue weighted by Crippen LogP contribution is -2.42. The number of hydrogen-bond acceptors (Lipinski definition) is 5. The Morgan fingerprint density at radius 1 is 1.25 bits per heavy atom. The zero-order valence-electron chi connectivity index (χ0n) is 13.5. The number of anilines is 2. The largest absolute Gasteiger partial charge is 0.435 e. The Bertz CT molecular complexity index is 666. The quantitative estimate of drug-likeness (QED) is 0.907. The summed E-state index contributed by atoms with van der Waals surface area (Å²) >= 11 is 0. The molecular formula is C17H20F2N4O. The van der Waals surface area contributed by atoms with Crippen molar-refractivity contribution in [1.82, 2.24) is 9.97 Å². The standard InChI is InChI=1S/C17H20F2N4O/c1-12-9-16(21-11-20-12)22-13-3-2-8-23(10-13)14-4-6-15(7-5-14)24-17(18)19/h4-7,9,11,13,17H,2-3,8,10H2,1H3,(H,20,21,22). The van der Waals surface area contributed by atoms with Gasteiger partial charge in [-0.1, -0.05) is 0 Å². The van der Waals surface area contributed by atoms with Gasteiger partial charge in [-0.2, -0.15) is 8.78 Å². The van der Waals surface area contributed by atoms with Gasteiger partial charge in [-0.3, -0.25) is 0 Å². The zero-order valence-corrected chi connectivity index (χ0v) is 13.5. The number of alkyl halides is 2. The molecular weight excluding hydrogens is 314 g/mol. The van der Waals surface area contributed by atoms with Gasteiger partial charge in [0, 0.05) is 36.6 Å². The third-order valence-corrected chi connectivity index (χ3v) is 4.00. The van der Waals surface area contributed by atoms with E-state index in [9.17, 15) is 8.78 Å². The minimum Gasteiger partial charge on any atom is -0.435 e. The van der Waals surface area contributed by atoms with Crippen LogP contribution in [0.4, 0.5) is 20.3 Å². The second kappa shape index (κ2) is 7.42. The molecule has 0 amide bonds. The molecule has 1 saturated heterocycles. The first-order chi connectivity index (χ1) is 11.6. The van der Waals surface area contributed by atoms with Crippen LogP contribution in [0.3, 0.4) is 0 Å². The van der Waals surface area contributed by atoms with E-state index in [1.807, 2.05) is 25.1 Å². The van der Waals surface area contributed by atoms with Crippen LogP contribution in [0.2, 0.25) is 0 Å². The summed E-state index contributed by atoms with van der Waals surface area (Å²) in [4.78, 5) is 10.6. The Hall–Kier alpha value is -2.44. The summed E-state index contributed by atoms with van der Waals surface area (Å²) in [5.41, 5.74) is 1.93. The van der Waals surface area contributed by atoms with E-state index in [4.69, 9.17) is 0 Å². The number of hydrogen-bond donors (Lipinski definition) is 1. The van der Waals surface area contributed by atoms with E-state index in [-0.39, 0.29) is 11.8 Å². The summed E-state index contributed by atoms with van der Waals surface area (Å²) in [5.74, 6) is 1.01. The lowest BCUT2D eigenvalue weighted by atomic mass is 10.0. The molecule has 7 heteroatoms. The average molecular weight is 334 g/mol. The third kappa shape index (κ3) is 4.31. The molecule has 0 radical (unpaired) electrons. The van der Waals surface area contributed by atoms with Crippen molar-refractivity contribution in [3.8, 4) is 5.75 Å². The highest BCUT2D eigenvalue weighted by atomic mass is 19.3. The Kier molecular flexibility index (Phi) is 5.08. The Balaban J connectivity index is 1.62. The van der Waals surface area contributed by atoms with Crippen LogP contribution in [0.15, 0.2) is 36.7 Å². The maximum Gasteiger partial charge on any atom is 0.387 e. The van der Waals surface area contributed by atoms with Gasteiger partial charge >= 0.3 is 6.61 Å². The predicted octanol–water partition coefficient (Wildman–Crippen LogP) is 3.47. The fourth-order valence-electron chi connectivity index (χ4n) is 2.91. The molecule has 1 unspecified atom stereocenters. The minimum absolute atomic E-state index is 0.178. The summed E-state index contributed by atoms with van der Waals surface area (Å²) in [5, 5.41) is 3.44. The highest BCUT2D eigenvalue weighted by Gasteiger charge is 2.20. The second-order valence-corrected chi connectivity index (χ2v) is 5.85. The fourth-order valence-corrected chi connectivity index (χ4v) is 2.91. The van der Waals surface area contributed by atoms with E-state index in [0.717, 1.165) is 43.1 Å². The van der Waals surface area contributed by atoms with Crippen molar-refractivity contribution >= 4 is 11.5 Å². The van der Waals surface area contributed by atoms with Gasteiger partial charge in [-0.05, 0) is 44.0 Å². The lowest BCUT2D eigenvalue weighted by Gasteiger charge is -2.35. The maximum atomic E-state index is 12.2. The summed E-state index contributed by atoms with van der Waals surface area (Å²) in [6, 6.07) is 8.99. The van der Waals surface area contributed by atoms with Gasteiger partial charge in [0.15, 0.2) is 0 Å². The predicted molar refractivity (Wildman–Crippen MR) is 88.7 cm³/mol. The van der Waals surface area contributed by atoms with Crippen molar-refractivity contribution in [2.45, 2.75) is 32.4 Å². The number of aryl methyl sites for hydroxylation is 1. The van der Waals surface area contributed by atoms with E-state index in [1.54, 1.807) is 18.5 Å². The van der Waals surface area contributed by atoms with Gasteiger partial charge in [0.05, 0.1) is 0 Å². The first-order valence-corrected chi connectivity index (χ1v) is 7.95. The molecule has 1 aromatic heterocycles. The zero-order chi connectivity index (χ0) is 16.9. The molecule has 1 N–H and O–H groups in total. The van der Waals surface area contributed by atoms with Crippen molar-refractivity contribution in [1.29, 1.82) is 0 Å². The molecule has 2 heterocycles. The van der Waals surface area contributed by atoms with Crippen LogP contribution in [-0.4, -0.2) is 35.7 Å². The van der Waals surface area contributed by atoms with Crippen LogP contribution in [0.5, 0.6) is 5.75 Å². The van der Waals surface area contributed by atoms with E-state index in [1.165, 1.54) is 0 Å². The van der Waals surface area contributed by atoms with Crippen molar-refractivity contribution in [3.63, 3.8) is 0 Å². The first kappa shape index (κ1) is 16.4. The van der Waals surface area contributed by atoms with Gasteiger partial charge in [-0.25, -0.2) is 9.97 Å². The van der Waals surface area contributed by atoms with Crippen LogP contribution < -0.4 is 15.0 Å². The Labute approximate surface area is 139 Å². The molecule has 0 aliphatic carbocycles. The Morgan fingerprint density at radius 3 is 2.75 bits per heavy atom. The number of rotatable bonds is 5. The molecule has 1 atom stereocenters. The van der Waals surface area contributed by atoms with Gasteiger partial charge in [0.2, 0.25) is 0 Å². The van der Waals surface area contributed by atoms with Gasteiger partial charge in [0.25, 0.3) is 0 Å². The number of nitrogens with one attached hydrogen (secondary N) is 1. The number of nitrogens with zero attached hydrogens (tertiary/aromatic N) is 3. The topological polar surface area (TPSA) is 50.3 Å². The molecule has 0 bridgehead atoms. The second-order valence-electron chi connectivity index (χ2n) is 5.85. The van der Waals surface area contributed by atoms with Crippen molar-refractivity contribution in [3.05, 3.63) is 42.4 Å². The normalized spacial score (nSPS) is 17.8. The monoisotopic (exact) mass is 334 g/mol. The van der Waals surface area contributed by atoms with Crippen molar-refractivity contribution in [2.24, 2.45) is 0 Å². The van der Waals surface area contributed by atoms with E-state index in [0.29, 0.717) is 0 Å². The molecule has 1 aliphatic rings. The molecule has 0 spiro atoms. The molecule has 128 valence electrons. The van der Waals surface area contributed by atoms with Crippen LogP contribution in [0.1, 0.15) is 18.5 Å². The number of halogens is 2. The molecule has 2 aromatic rings. The molecule has 24 heavy (non-hydrogen) atoms. The van der Waals surface area contributed by atoms with Crippen molar-refractivity contribution < 1.29 is 13.5 Å². The highest BCUT2D eigenvalue weighted by molar-refractivity contribution is 5.50. The minimum atomic E-state index is -2.80. The molecule has 1 aromatic carbocycles. The van der Waals surface area contributed by atoms with Gasteiger partial charge in [0.1, 0.15) is 17.9 Å². The first-order valence-electron chi connectivity index (χ1n) is 7.95. The smallest absolute Gasteiger partial charge is 0.387 e. The van der Waals surface area contributed by atoms with E-state index >= 15 is 0 Å². The molecule has 5 nitrogen and oxygen atoms in total. The van der Waals surface area contributed by atoms with Crippen LogP contribution in [0, 0.1) is 6.92 Å². The fraction of sp³-hybridized carbons (Fsp3) is 0.412. The molecule has 1 aliphatic heterocycles. The highest BCUT2D eigenvalue weighted by Crippen LogP contribution is 2.24. The summed E-state index contributed by atoms with van der Waals surface area (Å²) in [6.45, 7) is 0.910. The van der Waals surface area contributed by atoms with Gasteiger partial charge < -0.3 is 15.0 Å². The maximum absolute atomic E-state index is 12.2. The number of aromatic nitrogens is 2. The molecule has 1 fully saturated rings. The number of piperidine rings is 1. The SMILES string of the molecule is Cc1cc(NC2CCCN(c3ccc(OC(F)F)cc3)C2)ncn1. The van der Waals surface area contributed by atoms with E-state index in [2.05, 4.69) is 24.9 Å². The molecule has 0 saturated carbocycles. The van der Waals surface area contributed by atoms with Gasteiger partial charge in [-0.15, -0.1) is 0 Å². The third-order valence-electron chi connectivity index (χ3n) is 4.00. The van der Waals surface area contributed by atoms with Crippen LogP contribution in [0.25, 0.3) is 0 Å². The summed E-state index contributed by atoms with van der Waals surface area (Å²) in [7, 11) is 0. The van der Waals surface area contributed by atoms with Crippen molar-refractivity contribution in [2.75, 3.05) is 23.3 Å². The summed E-state index contributed by atoms with van der Waals surface area (Å²) < 4.78 is 28.8. The van der Waals surface area contributed by atoms with E-state index < -0.39 is 6.61 Å². The van der Waals surface area contributed by atoms with Crippen LogP contribution in [-0.2, 0) is 0 Å². The average Bonchev–Trinajstić information content (AvgIpc) is 2.55. The lowest BCUT2D eigenvalue weighted by molar-refractivity contribution is -0.0498. The number of ether oxygens (including phenoxy) is 1. The Morgan fingerprint density at radius 2 is 2.04 bits per heavy atom. The number of benzene rings is 1. The summed E-state index contributed by atoms with van der Waals surface area (Å²) in [6.07, 6.45) is 3.67. The van der Waals surface area contributed by atoms with Crippen LogP contribution >= 0.6 is 0 Å².